The van der Waals surface area contributed by atoms with Gasteiger partial charge in [0, 0.05) is 43.9 Å². The average molecular weight is 326 g/mol. The predicted molar refractivity (Wildman–Crippen MR) is 88.2 cm³/mol. The van der Waals surface area contributed by atoms with Crippen molar-refractivity contribution in [2.45, 2.75) is 44.4 Å². The molecular weight excluding hydrogens is 304 g/mol. The minimum Gasteiger partial charge on any atom is -0.368 e. The van der Waals surface area contributed by atoms with Crippen molar-refractivity contribution >= 4 is 5.91 Å². The van der Waals surface area contributed by atoms with Gasteiger partial charge in [0.05, 0.1) is 6.04 Å². The number of hydrogen-bond donors (Lipinski definition) is 1. The number of hydrogen-bond acceptors (Lipinski definition) is 4. The molecule has 1 aliphatic heterocycles. The Bertz CT molecular complexity index is 715. The van der Waals surface area contributed by atoms with Crippen molar-refractivity contribution in [2.24, 2.45) is 5.92 Å². The van der Waals surface area contributed by atoms with Crippen molar-refractivity contribution in [2.75, 3.05) is 6.61 Å². The summed E-state index contributed by atoms with van der Waals surface area (Å²) in [6.07, 6.45) is 8.94. The highest BCUT2D eigenvalue weighted by molar-refractivity contribution is 5.83. The molecule has 3 heterocycles. The Balaban J connectivity index is 1.41. The van der Waals surface area contributed by atoms with Gasteiger partial charge >= 0.3 is 0 Å². The SMILES string of the molecule is CCn1ccnc1[C@H]1OCC[C@@H]1NC(=O)[C@H]1C[C@H]1c1cccnc1. The van der Waals surface area contributed by atoms with Gasteiger partial charge in [-0.2, -0.15) is 0 Å². The third kappa shape index (κ3) is 2.82. The highest BCUT2D eigenvalue weighted by atomic mass is 16.5. The summed E-state index contributed by atoms with van der Waals surface area (Å²) in [5.41, 5.74) is 1.15. The zero-order valence-corrected chi connectivity index (χ0v) is 13.8. The summed E-state index contributed by atoms with van der Waals surface area (Å²) in [5.74, 6) is 1.39. The normalized spacial score (nSPS) is 28.7. The second kappa shape index (κ2) is 6.36. The molecule has 1 saturated heterocycles. The molecule has 6 nitrogen and oxygen atoms in total. The quantitative estimate of drug-likeness (QED) is 0.913. The van der Waals surface area contributed by atoms with E-state index in [2.05, 4.69) is 26.8 Å². The number of amides is 1. The van der Waals surface area contributed by atoms with E-state index in [9.17, 15) is 4.79 Å². The van der Waals surface area contributed by atoms with Gasteiger partial charge in [-0.25, -0.2) is 4.98 Å². The van der Waals surface area contributed by atoms with Crippen LogP contribution in [-0.4, -0.2) is 33.1 Å². The van der Waals surface area contributed by atoms with Crippen molar-refractivity contribution in [1.82, 2.24) is 19.9 Å². The molecule has 6 heteroatoms. The topological polar surface area (TPSA) is 69.0 Å². The van der Waals surface area contributed by atoms with Crippen LogP contribution in [0.5, 0.6) is 0 Å². The Morgan fingerprint density at radius 3 is 3.17 bits per heavy atom. The lowest BCUT2D eigenvalue weighted by Gasteiger charge is -2.20. The standard InChI is InChI=1S/C18H22N4O2/c1-2-22-8-7-20-17(22)16-15(5-9-24-16)21-18(23)14-10-13(14)12-4-3-6-19-11-12/h3-4,6-8,11,13-16H,2,5,9-10H2,1H3,(H,21,23)/t13-,14-,15-,16-/m0/s1. The maximum absolute atomic E-state index is 12.6. The summed E-state index contributed by atoms with van der Waals surface area (Å²) in [6.45, 7) is 3.58. The summed E-state index contributed by atoms with van der Waals surface area (Å²) in [4.78, 5) is 21.2. The van der Waals surface area contributed by atoms with Crippen LogP contribution in [0.2, 0.25) is 0 Å². The molecule has 24 heavy (non-hydrogen) atoms. The van der Waals surface area contributed by atoms with Gasteiger partial charge in [-0.3, -0.25) is 9.78 Å². The number of carbonyl (C=O) groups is 1. The van der Waals surface area contributed by atoms with E-state index in [4.69, 9.17) is 4.74 Å². The first-order valence-electron chi connectivity index (χ1n) is 8.61. The van der Waals surface area contributed by atoms with Crippen LogP contribution in [0.25, 0.3) is 0 Å². The highest BCUT2D eigenvalue weighted by Crippen LogP contribution is 2.47. The van der Waals surface area contributed by atoms with E-state index in [0.29, 0.717) is 12.5 Å². The minimum absolute atomic E-state index is 0.000323. The number of pyridine rings is 1. The molecule has 0 spiro atoms. The molecule has 2 aromatic rings. The van der Waals surface area contributed by atoms with Crippen LogP contribution < -0.4 is 5.32 Å². The number of nitrogens with zero attached hydrogens (tertiary/aromatic N) is 3. The van der Waals surface area contributed by atoms with Crippen LogP contribution in [0.3, 0.4) is 0 Å². The lowest BCUT2D eigenvalue weighted by atomic mass is 10.1. The van der Waals surface area contributed by atoms with Crippen molar-refractivity contribution in [3.63, 3.8) is 0 Å². The molecule has 1 aliphatic carbocycles. The van der Waals surface area contributed by atoms with Crippen molar-refractivity contribution < 1.29 is 9.53 Å². The van der Waals surface area contributed by atoms with Gasteiger partial charge in [-0.15, -0.1) is 0 Å². The van der Waals surface area contributed by atoms with Gasteiger partial charge < -0.3 is 14.6 Å². The van der Waals surface area contributed by atoms with E-state index in [1.807, 2.05) is 24.5 Å². The molecule has 0 aromatic carbocycles. The molecule has 0 unspecified atom stereocenters. The Kier molecular flexibility index (Phi) is 4.06. The Hall–Kier alpha value is -2.21. The molecule has 2 aromatic heterocycles. The Morgan fingerprint density at radius 2 is 2.38 bits per heavy atom. The smallest absolute Gasteiger partial charge is 0.224 e. The summed E-state index contributed by atoms with van der Waals surface area (Å²) >= 11 is 0. The number of aromatic nitrogens is 3. The number of nitrogens with one attached hydrogen (secondary N) is 1. The number of ether oxygens (including phenoxy) is 1. The highest BCUT2D eigenvalue weighted by Gasteiger charge is 2.45. The van der Waals surface area contributed by atoms with Crippen LogP contribution in [-0.2, 0) is 16.1 Å². The first-order valence-corrected chi connectivity index (χ1v) is 8.61. The molecule has 4 atom stereocenters. The molecule has 2 fully saturated rings. The lowest BCUT2D eigenvalue weighted by Crippen LogP contribution is -2.38. The fraction of sp³-hybridized carbons (Fsp3) is 0.500. The van der Waals surface area contributed by atoms with E-state index < -0.39 is 0 Å². The van der Waals surface area contributed by atoms with Gasteiger partial charge in [0.15, 0.2) is 0 Å². The van der Waals surface area contributed by atoms with Crippen LogP contribution in [0.15, 0.2) is 36.9 Å². The molecule has 0 radical (unpaired) electrons. The molecule has 1 amide bonds. The number of imidazole rings is 1. The third-order valence-electron chi connectivity index (χ3n) is 5.00. The Labute approximate surface area is 141 Å². The monoisotopic (exact) mass is 326 g/mol. The summed E-state index contributed by atoms with van der Waals surface area (Å²) in [5, 5.41) is 3.19. The van der Waals surface area contributed by atoms with Crippen molar-refractivity contribution in [3.8, 4) is 0 Å². The molecule has 126 valence electrons. The zero-order valence-electron chi connectivity index (χ0n) is 13.8. The van der Waals surface area contributed by atoms with E-state index in [0.717, 1.165) is 30.8 Å². The largest absolute Gasteiger partial charge is 0.368 e. The molecule has 2 aliphatic rings. The first kappa shape index (κ1) is 15.3. The molecule has 0 bridgehead atoms. The van der Waals surface area contributed by atoms with E-state index >= 15 is 0 Å². The van der Waals surface area contributed by atoms with Gasteiger partial charge in [0.1, 0.15) is 11.9 Å². The number of carbonyl (C=O) groups excluding carboxylic acids is 1. The number of rotatable bonds is 5. The lowest BCUT2D eigenvalue weighted by molar-refractivity contribution is -0.123. The van der Waals surface area contributed by atoms with Gasteiger partial charge in [-0.05, 0) is 37.3 Å². The van der Waals surface area contributed by atoms with Crippen LogP contribution >= 0.6 is 0 Å². The Morgan fingerprint density at radius 1 is 1.46 bits per heavy atom. The number of aryl methyl sites for hydroxylation is 1. The van der Waals surface area contributed by atoms with E-state index in [-0.39, 0.29) is 24.0 Å². The first-order chi connectivity index (χ1) is 11.8. The molecule has 1 N–H and O–H groups in total. The maximum atomic E-state index is 12.6. The third-order valence-corrected chi connectivity index (χ3v) is 5.00. The summed E-state index contributed by atoms with van der Waals surface area (Å²) < 4.78 is 7.93. The minimum atomic E-state index is -0.153. The zero-order chi connectivity index (χ0) is 16.5. The molecule has 4 rings (SSSR count). The average Bonchev–Trinajstić information content (AvgIpc) is 3.06. The van der Waals surface area contributed by atoms with Crippen molar-refractivity contribution in [1.29, 1.82) is 0 Å². The molecule has 1 saturated carbocycles. The summed E-state index contributed by atoms with van der Waals surface area (Å²) in [6, 6.07) is 3.97. The van der Waals surface area contributed by atoms with Crippen LogP contribution in [0.4, 0.5) is 0 Å². The van der Waals surface area contributed by atoms with Crippen LogP contribution in [0, 0.1) is 5.92 Å². The van der Waals surface area contributed by atoms with Gasteiger partial charge in [0.2, 0.25) is 5.91 Å². The maximum Gasteiger partial charge on any atom is 0.224 e. The van der Waals surface area contributed by atoms with E-state index in [1.54, 1.807) is 12.4 Å². The van der Waals surface area contributed by atoms with Gasteiger partial charge in [-0.1, -0.05) is 6.07 Å². The van der Waals surface area contributed by atoms with Gasteiger partial charge in [0.25, 0.3) is 0 Å². The second-order valence-corrected chi connectivity index (χ2v) is 6.50. The molecular formula is C18H22N4O2. The fourth-order valence-corrected chi connectivity index (χ4v) is 3.58. The second-order valence-electron chi connectivity index (χ2n) is 6.50. The summed E-state index contributed by atoms with van der Waals surface area (Å²) in [7, 11) is 0. The fourth-order valence-electron chi connectivity index (χ4n) is 3.58. The van der Waals surface area contributed by atoms with Crippen LogP contribution in [0.1, 0.15) is 43.2 Å². The predicted octanol–water partition coefficient (Wildman–Crippen LogP) is 2.05. The van der Waals surface area contributed by atoms with E-state index in [1.165, 1.54) is 0 Å². The van der Waals surface area contributed by atoms with Crippen molar-refractivity contribution in [3.05, 3.63) is 48.3 Å².